The topological polar surface area (TPSA) is 18.5 Å². The van der Waals surface area contributed by atoms with Gasteiger partial charge in [-0.1, -0.05) is 19.1 Å². The van der Waals surface area contributed by atoms with Crippen molar-refractivity contribution in [3.05, 3.63) is 24.3 Å². The van der Waals surface area contributed by atoms with Crippen molar-refractivity contribution in [2.45, 2.75) is 50.7 Å². The number of thioether (sulfide) groups is 1. The highest BCUT2D eigenvalue weighted by molar-refractivity contribution is 7.99. The molecule has 0 aliphatic carbocycles. The lowest BCUT2D eigenvalue weighted by Crippen LogP contribution is -2.41. The average Bonchev–Trinajstić information content (AvgIpc) is 2.50. The highest BCUT2D eigenvalue weighted by atomic mass is 32.2. The Morgan fingerprint density at radius 2 is 1.50 bits per heavy atom. The van der Waals surface area contributed by atoms with Gasteiger partial charge < -0.3 is 9.31 Å². The van der Waals surface area contributed by atoms with Crippen molar-refractivity contribution in [1.29, 1.82) is 0 Å². The first-order valence-electron chi connectivity index (χ1n) is 6.44. The smallest absolute Gasteiger partial charge is 0.399 e. The summed E-state index contributed by atoms with van der Waals surface area (Å²) in [6, 6.07) is 8.46. The quantitative estimate of drug-likeness (QED) is 0.617. The van der Waals surface area contributed by atoms with E-state index < -0.39 is 0 Å². The molecule has 1 aliphatic rings. The predicted molar refractivity (Wildman–Crippen MR) is 78.6 cm³/mol. The summed E-state index contributed by atoms with van der Waals surface area (Å²) >= 11 is 1.84. The third-order valence-corrected chi connectivity index (χ3v) is 4.61. The summed E-state index contributed by atoms with van der Waals surface area (Å²) in [5.41, 5.74) is 0.553. The molecule has 1 heterocycles. The van der Waals surface area contributed by atoms with E-state index in [-0.39, 0.29) is 18.3 Å². The van der Waals surface area contributed by atoms with Crippen LogP contribution in [0, 0.1) is 0 Å². The van der Waals surface area contributed by atoms with Gasteiger partial charge in [-0.3, -0.25) is 0 Å². The predicted octanol–water partition coefficient (Wildman–Crippen LogP) is 3.10. The largest absolute Gasteiger partial charge is 0.494 e. The normalized spacial score (nSPS) is 21.3. The van der Waals surface area contributed by atoms with Gasteiger partial charge in [0.1, 0.15) is 0 Å². The third kappa shape index (κ3) is 2.61. The fourth-order valence-electron chi connectivity index (χ4n) is 1.87. The SMILES string of the molecule is CCSc1ccc(B2OC(C)(C)C(C)(C)O2)cc1. The number of rotatable bonds is 3. The van der Waals surface area contributed by atoms with Crippen LogP contribution in [0.4, 0.5) is 0 Å². The van der Waals surface area contributed by atoms with E-state index in [4.69, 9.17) is 9.31 Å². The minimum atomic E-state index is -0.269. The van der Waals surface area contributed by atoms with E-state index in [0.717, 1.165) is 11.2 Å². The van der Waals surface area contributed by atoms with Crippen LogP contribution in [0.25, 0.3) is 0 Å². The molecule has 1 fully saturated rings. The Balaban J connectivity index is 2.14. The Morgan fingerprint density at radius 3 is 1.94 bits per heavy atom. The summed E-state index contributed by atoms with van der Waals surface area (Å²) in [4.78, 5) is 1.29. The van der Waals surface area contributed by atoms with Gasteiger partial charge in [0.25, 0.3) is 0 Å². The second kappa shape index (κ2) is 4.91. The summed E-state index contributed by atoms with van der Waals surface area (Å²) in [7, 11) is -0.254. The molecule has 0 aromatic heterocycles. The molecule has 0 bridgehead atoms. The first-order chi connectivity index (χ1) is 8.36. The Labute approximate surface area is 115 Å². The lowest BCUT2D eigenvalue weighted by atomic mass is 9.79. The maximum atomic E-state index is 6.02. The number of hydrogen-bond donors (Lipinski definition) is 0. The summed E-state index contributed by atoms with van der Waals surface area (Å²) in [6.45, 7) is 10.5. The van der Waals surface area contributed by atoms with Gasteiger partial charge in [0, 0.05) is 4.90 Å². The maximum Gasteiger partial charge on any atom is 0.494 e. The van der Waals surface area contributed by atoms with Crippen LogP contribution in [-0.4, -0.2) is 24.1 Å². The summed E-state index contributed by atoms with van der Waals surface area (Å²) in [6.07, 6.45) is 0. The van der Waals surface area contributed by atoms with E-state index in [0.29, 0.717) is 0 Å². The van der Waals surface area contributed by atoms with Crippen LogP contribution in [0.1, 0.15) is 34.6 Å². The minimum absolute atomic E-state index is 0.254. The van der Waals surface area contributed by atoms with Crippen LogP contribution in [0.15, 0.2) is 29.2 Å². The molecule has 1 aromatic rings. The zero-order chi connectivity index (χ0) is 13.4. The first-order valence-corrected chi connectivity index (χ1v) is 7.43. The summed E-state index contributed by atoms with van der Waals surface area (Å²) in [5.74, 6) is 1.09. The van der Waals surface area contributed by atoms with Crippen molar-refractivity contribution in [2.24, 2.45) is 0 Å². The van der Waals surface area contributed by atoms with Crippen LogP contribution in [0.5, 0.6) is 0 Å². The standard InChI is InChI=1S/C14H21BO2S/c1-6-18-12-9-7-11(8-10-12)15-16-13(2,3)14(4,5)17-15/h7-10H,6H2,1-5H3. The molecule has 0 N–H and O–H groups in total. The molecule has 2 nitrogen and oxygen atoms in total. The highest BCUT2D eigenvalue weighted by Gasteiger charge is 2.51. The Morgan fingerprint density at radius 1 is 1.00 bits per heavy atom. The van der Waals surface area contributed by atoms with E-state index in [2.05, 4.69) is 58.9 Å². The maximum absolute atomic E-state index is 6.02. The third-order valence-electron chi connectivity index (χ3n) is 3.72. The van der Waals surface area contributed by atoms with E-state index >= 15 is 0 Å². The van der Waals surface area contributed by atoms with Gasteiger partial charge in [-0.05, 0) is 51.0 Å². The lowest BCUT2D eigenvalue weighted by Gasteiger charge is -2.32. The fourth-order valence-corrected chi connectivity index (χ4v) is 2.53. The van der Waals surface area contributed by atoms with Crippen LogP contribution in [-0.2, 0) is 9.31 Å². The van der Waals surface area contributed by atoms with Crippen LogP contribution >= 0.6 is 11.8 Å². The molecule has 0 spiro atoms. The molecule has 0 amide bonds. The molecule has 1 aromatic carbocycles. The van der Waals surface area contributed by atoms with Crippen molar-refractivity contribution in [2.75, 3.05) is 5.75 Å². The lowest BCUT2D eigenvalue weighted by molar-refractivity contribution is 0.00578. The van der Waals surface area contributed by atoms with Crippen molar-refractivity contribution in [1.82, 2.24) is 0 Å². The van der Waals surface area contributed by atoms with Crippen molar-refractivity contribution in [3.63, 3.8) is 0 Å². The zero-order valence-corrected chi connectivity index (χ0v) is 12.6. The molecule has 0 saturated carbocycles. The molecular formula is C14H21BO2S. The summed E-state index contributed by atoms with van der Waals surface area (Å²) < 4.78 is 12.0. The van der Waals surface area contributed by atoms with Crippen molar-refractivity contribution >= 4 is 24.3 Å². The molecule has 2 rings (SSSR count). The number of hydrogen-bond acceptors (Lipinski definition) is 3. The number of benzene rings is 1. The van der Waals surface area contributed by atoms with Gasteiger partial charge in [0.05, 0.1) is 11.2 Å². The Kier molecular flexibility index (Phi) is 3.81. The molecule has 98 valence electrons. The molecular weight excluding hydrogens is 243 g/mol. The van der Waals surface area contributed by atoms with Crippen molar-refractivity contribution < 1.29 is 9.31 Å². The minimum Gasteiger partial charge on any atom is -0.399 e. The average molecular weight is 264 g/mol. The first kappa shape index (κ1) is 14.0. The zero-order valence-electron chi connectivity index (χ0n) is 11.8. The second-order valence-electron chi connectivity index (χ2n) is 5.59. The van der Waals surface area contributed by atoms with Gasteiger partial charge in [-0.25, -0.2) is 0 Å². The van der Waals surface area contributed by atoms with Gasteiger partial charge in [-0.15, -0.1) is 11.8 Å². The Hall–Kier alpha value is -0.445. The molecule has 0 atom stereocenters. The fraction of sp³-hybridized carbons (Fsp3) is 0.571. The second-order valence-corrected chi connectivity index (χ2v) is 6.93. The van der Waals surface area contributed by atoms with Crippen LogP contribution < -0.4 is 5.46 Å². The Bertz CT molecular complexity index is 398. The molecule has 0 radical (unpaired) electrons. The van der Waals surface area contributed by atoms with E-state index in [1.807, 2.05) is 11.8 Å². The van der Waals surface area contributed by atoms with Crippen LogP contribution in [0.3, 0.4) is 0 Å². The van der Waals surface area contributed by atoms with Gasteiger partial charge in [-0.2, -0.15) is 0 Å². The molecule has 18 heavy (non-hydrogen) atoms. The van der Waals surface area contributed by atoms with E-state index in [1.54, 1.807) is 0 Å². The van der Waals surface area contributed by atoms with E-state index in [9.17, 15) is 0 Å². The van der Waals surface area contributed by atoms with Crippen LogP contribution in [0.2, 0.25) is 0 Å². The van der Waals surface area contributed by atoms with Gasteiger partial charge >= 0.3 is 7.12 Å². The molecule has 1 aliphatic heterocycles. The van der Waals surface area contributed by atoms with E-state index in [1.165, 1.54) is 4.90 Å². The monoisotopic (exact) mass is 264 g/mol. The molecule has 0 unspecified atom stereocenters. The van der Waals surface area contributed by atoms with Gasteiger partial charge in [0.15, 0.2) is 0 Å². The summed E-state index contributed by atoms with van der Waals surface area (Å²) in [5, 5.41) is 0. The highest BCUT2D eigenvalue weighted by Crippen LogP contribution is 2.36. The van der Waals surface area contributed by atoms with Crippen molar-refractivity contribution in [3.8, 4) is 0 Å². The molecule has 1 saturated heterocycles. The molecule has 4 heteroatoms. The van der Waals surface area contributed by atoms with Gasteiger partial charge in [0.2, 0.25) is 0 Å².